The quantitative estimate of drug-likeness (QED) is 0.612. The van der Waals surface area contributed by atoms with Crippen molar-refractivity contribution in [2.24, 2.45) is 18.5 Å². The summed E-state index contributed by atoms with van der Waals surface area (Å²) in [6, 6.07) is -0.716. The van der Waals surface area contributed by atoms with Crippen LogP contribution in [0.2, 0.25) is 0 Å². The molecule has 6 nitrogen and oxygen atoms in total. The van der Waals surface area contributed by atoms with E-state index in [0.29, 0.717) is 13.0 Å². The van der Waals surface area contributed by atoms with Gasteiger partial charge in [-0.3, -0.25) is 4.79 Å². The van der Waals surface area contributed by atoms with Crippen molar-refractivity contribution in [1.82, 2.24) is 9.55 Å². The minimum Gasteiger partial charge on any atom is -0.480 e. The Balaban J connectivity index is 0.000000315. The van der Waals surface area contributed by atoms with Gasteiger partial charge in [0.1, 0.15) is 6.04 Å². The van der Waals surface area contributed by atoms with Crippen LogP contribution >= 0.6 is 0 Å². The van der Waals surface area contributed by atoms with E-state index in [2.05, 4.69) is 4.98 Å². The van der Waals surface area contributed by atoms with Crippen LogP contribution in [0, 0.1) is 0 Å². The van der Waals surface area contributed by atoms with Crippen LogP contribution in [0.5, 0.6) is 0 Å². The van der Waals surface area contributed by atoms with Crippen molar-refractivity contribution in [3.8, 4) is 0 Å². The second-order valence-corrected chi connectivity index (χ2v) is 3.46. The van der Waals surface area contributed by atoms with Gasteiger partial charge < -0.3 is 21.1 Å². The molecule has 0 spiro atoms. The highest BCUT2D eigenvalue weighted by molar-refractivity contribution is 5.72. The summed E-state index contributed by atoms with van der Waals surface area (Å²) in [6.07, 6.45) is 7.55. The van der Waals surface area contributed by atoms with Crippen molar-refractivity contribution >= 4 is 5.97 Å². The molecule has 0 radical (unpaired) electrons. The summed E-state index contributed by atoms with van der Waals surface area (Å²) in [5, 5.41) is 8.33. The van der Waals surface area contributed by atoms with Crippen molar-refractivity contribution in [2.75, 3.05) is 6.54 Å². The molecule has 0 saturated heterocycles. The molecule has 92 valence electrons. The maximum atomic E-state index is 10.1. The molecule has 0 fully saturated rings. The lowest BCUT2D eigenvalue weighted by atomic mass is 10.1. The van der Waals surface area contributed by atoms with Crippen LogP contribution < -0.4 is 11.5 Å². The van der Waals surface area contributed by atoms with Crippen molar-refractivity contribution in [3.05, 3.63) is 18.7 Å². The van der Waals surface area contributed by atoms with Gasteiger partial charge in [0.15, 0.2) is 0 Å². The van der Waals surface area contributed by atoms with Gasteiger partial charge in [0.2, 0.25) is 0 Å². The molecule has 5 N–H and O–H groups in total. The van der Waals surface area contributed by atoms with E-state index in [9.17, 15) is 4.79 Å². The standard InChI is InChI=1S/C6H14N2O2.C4H6N2/c7-4-2-1-3-5(8)6(9)10;1-6-3-2-5-4-6/h5H,1-4,7-8H2,(H,9,10);2-4H,1H3. The number of imidazole rings is 1. The van der Waals surface area contributed by atoms with Crippen LogP contribution in [0.15, 0.2) is 18.7 Å². The average molecular weight is 228 g/mol. The van der Waals surface area contributed by atoms with Gasteiger partial charge in [0.05, 0.1) is 6.33 Å². The molecule has 1 aromatic heterocycles. The predicted octanol–water partition coefficient (Wildman–Crippen LogP) is -0.0526. The third-order valence-corrected chi connectivity index (χ3v) is 1.92. The third-order valence-electron chi connectivity index (χ3n) is 1.92. The molecule has 0 saturated carbocycles. The molecule has 1 aromatic rings. The Morgan fingerprint density at radius 1 is 1.56 bits per heavy atom. The summed E-state index contributed by atoms with van der Waals surface area (Å²) < 4.78 is 1.89. The summed E-state index contributed by atoms with van der Waals surface area (Å²) in [4.78, 5) is 13.9. The molecule has 1 rings (SSSR count). The number of carboxylic acid groups (broad SMARTS) is 1. The number of carboxylic acids is 1. The first-order chi connectivity index (χ1) is 7.57. The molecule has 0 aliphatic rings. The molecule has 0 bridgehead atoms. The maximum absolute atomic E-state index is 10.1. The van der Waals surface area contributed by atoms with E-state index < -0.39 is 12.0 Å². The number of carbonyl (C=O) groups is 1. The van der Waals surface area contributed by atoms with Gasteiger partial charge in [0.25, 0.3) is 0 Å². The lowest BCUT2D eigenvalue weighted by Crippen LogP contribution is -2.29. The first-order valence-corrected chi connectivity index (χ1v) is 5.18. The van der Waals surface area contributed by atoms with Gasteiger partial charge in [-0.1, -0.05) is 6.42 Å². The SMILES string of the molecule is Cn1ccnc1.NCCCCC(N)C(=O)O. The number of hydrogen-bond acceptors (Lipinski definition) is 4. The molecule has 1 heterocycles. The molecule has 6 heteroatoms. The van der Waals surface area contributed by atoms with Crippen molar-refractivity contribution in [1.29, 1.82) is 0 Å². The zero-order chi connectivity index (χ0) is 12.4. The molecular formula is C10H20N4O2. The fourth-order valence-electron chi connectivity index (χ4n) is 0.958. The van der Waals surface area contributed by atoms with Crippen molar-refractivity contribution in [2.45, 2.75) is 25.3 Å². The summed E-state index contributed by atoms with van der Waals surface area (Å²) in [7, 11) is 1.94. The first-order valence-electron chi connectivity index (χ1n) is 5.18. The minimum absolute atomic E-state index is 0.520. The zero-order valence-corrected chi connectivity index (χ0v) is 9.54. The second kappa shape index (κ2) is 8.87. The number of aromatic nitrogens is 2. The number of nitrogens with zero attached hydrogens (tertiary/aromatic N) is 2. The molecule has 1 unspecified atom stereocenters. The highest BCUT2D eigenvalue weighted by Crippen LogP contribution is 1.96. The average Bonchev–Trinajstić information content (AvgIpc) is 2.70. The molecule has 0 aromatic carbocycles. The van der Waals surface area contributed by atoms with Crippen LogP contribution in [-0.2, 0) is 11.8 Å². The topological polar surface area (TPSA) is 107 Å². The monoisotopic (exact) mass is 228 g/mol. The van der Waals surface area contributed by atoms with Gasteiger partial charge in [-0.2, -0.15) is 0 Å². The van der Waals surface area contributed by atoms with Crippen molar-refractivity contribution < 1.29 is 9.90 Å². The largest absolute Gasteiger partial charge is 0.480 e. The van der Waals surface area contributed by atoms with Gasteiger partial charge in [-0.25, -0.2) is 4.98 Å². The van der Waals surface area contributed by atoms with E-state index in [0.717, 1.165) is 12.8 Å². The summed E-state index contributed by atoms with van der Waals surface area (Å²) in [5.41, 5.74) is 10.4. The van der Waals surface area contributed by atoms with Gasteiger partial charge in [0, 0.05) is 19.4 Å². The zero-order valence-electron chi connectivity index (χ0n) is 9.54. The number of aryl methyl sites for hydroxylation is 1. The van der Waals surface area contributed by atoms with Crippen LogP contribution in [0.25, 0.3) is 0 Å². The number of unbranched alkanes of at least 4 members (excludes halogenated alkanes) is 1. The first kappa shape index (κ1) is 14.6. The Morgan fingerprint density at radius 3 is 2.56 bits per heavy atom. The molecule has 0 aliphatic carbocycles. The van der Waals surface area contributed by atoms with Crippen LogP contribution in [0.1, 0.15) is 19.3 Å². The van der Waals surface area contributed by atoms with E-state index >= 15 is 0 Å². The van der Waals surface area contributed by atoms with E-state index in [1.165, 1.54) is 0 Å². The number of nitrogens with two attached hydrogens (primary N) is 2. The fraction of sp³-hybridized carbons (Fsp3) is 0.600. The van der Waals surface area contributed by atoms with E-state index in [4.69, 9.17) is 16.6 Å². The molecule has 0 aliphatic heterocycles. The predicted molar refractivity (Wildman–Crippen MR) is 61.7 cm³/mol. The van der Waals surface area contributed by atoms with E-state index in [1.807, 2.05) is 17.8 Å². The maximum Gasteiger partial charge on any atom is 0.320 e. The number of aliphatic carboxylic acids is 1. The Hall–Kier alpha value is -1.40. The third kappa shape index (κ3) is 7.95. The molecule has 16 heavy (non-hydrogen) atoms. The fourth-order valence-corrected chi connectivity index (χ4v) is 0.958. The summed E-state index contributed by atoms with van der Waals surface area (Å²) in [5.74, 6) is -0.933. The summed E-state index contributed by atoms with van der Waals surface area (Å²) in [6.45, 7) is 0.604. The molecular weight excluding hydrogens is 208 g/mol. The second-order valence-electron chi connectivity index (χ2n) is 3.46. The van der Waals surface area contributed by atoms with E-state index in [-0.39, 0.29) is 0 Å². The molecule has 0 amide bonds. The number of rotatable bonds is 5. The smallest absolute Gasteiger partial charge is 0.320 e. The van der Waals surface area contributed by atoms with Gasteiger partial charge in [-0.05, 0) is 19.4 Å². The minimum atomic E-state index is -0.933. The Bertz CT molecular complexity index is 274. The Labute approximate surface area is 95.3 Å². The van der Waals surface area contributed by atoms with Crippen LogP contribution in [0.3, 0.4) is 0 Å². The molecule has 1 atom stereocenters. The highest BCUT2D eigenvalue weighted by atomic mass is 16.4. The van der Waals surface area contributed by atoms with Crippen molar-refractivity contribution in [3.63, 3.8) is 0 Å². The summed E-state index contributed by atoms with van der Waals surface area (Å²) >= 11 is 0. The van der Waals surface area contributed by atoms with Gasteiger partial charge in [-0.15, -0.1) is 0 Å². The van der Waals surface area contributed by atoms with E-state index in [1.54, 1.807) is 12.5 Å². The van der Waals surface area contributed by atoms with Crippen LogP contribution in [-0.4, -0.2) is 33.2 Å². The lowest BCUT2D eigenvalue weighted by Gasteiger charge is -2.03. The Morgan fingerprint density at radius 2 is 2.25 bits per heavy atom. The Kier molecular flexibility index (Phi) is 8.10. The van der Waals surface area contributed by atoms with Gasteiger partial charge >= 0.3 is 5.97 Å². The number of hydrogen-bond donors (Lipinski definition) is 3. The van der Waals surface area contributed by atoms with Crippen LogP contribution in [0.4, 0.5) is 0 Å². The normalized spacial score (nSPS) is 11.4. The highest BCUT2D eigenvalue weighted by Gasteiger charge is 2.09. The lowest BCUT2D eigenvalue weighted by molar-refractivity contribution is -0.138.